The van der Waals surface area contributed by atoms with Gasteiger partial charge in [-0.05, 0) is 54.8 Å². The highest BCUT2D eigenvalue weighted by Gasteiger charge is 2.34. The Bertz CT molecular complexity index is 1220. The van der Waals surface area contributed by atoms with E-state index in [0.717, 1.165) is 19.1 Å². The van der Waals surface area contributed by atoms with Crippen molar-refractivity contribution in [2.24, 2.45) is 22.5 Å². The van der Waals surface area contributed by atoms with Crippen molar-refractivity contribution in [3.63, 3.8) is 0 Å². The van der Waals surface area contributed by atoms with E-state index in [1.165, 1.54) is 36.4 Å². The summed E-state index contributed by atoms with van der Waals surface area (Å²) in [4.78, 5) is 4.54. The molecule has 0 amide bonds. The fourth-order valence-electron chi connectivity index (χ4n) is 3.01. The van der Waals surface area contributed by atoms with Crippen molar-refractivity contribution in [3.8, 4) is 11.5 Å². The summed E-state index contributed by atoms with van der Waals surface area (Å²) < 4.78 is 60.6. The van der Waals surface area contributed by atoms with Crippen LogP contribution in [0.15, 0.2) is 57.4 Å². The average molecular weight is 484 g/mol. The second kappa shape index (κ2) is 9.25. The number of guanidine groups is 1. The van der Waals surface area contributed by atoms with Gasteiger partial charge in [0.15, 0.2) is 15.9 Å². The van der Waals surface area contributed by atoms with Crippen molar-refractivity contribution in [3.05, 3.63) is 48.0 Å². The summed E-state index contributed by atoms with van der Waals surface area (Å²) in [6.07, 6.45) is 2.51. The molecule has 3 rings (SSSR count). The molecule has 1 unspecified atom stereocenters. The normalized spacial score (nSPS) is 14.9. The summed E-state index contributed by atoms with van der Waals surface area (Å²) in [5.74, 6) is 0.412. The topological polar surface area (TPSA) is 160 Å². The van der Waals surface area contributed by atoms with Gasteiger partial charge in [-0.2, -0.15) is 8.42 Å². The van der Waals surface area contributed by atoms with E-state index in [4.69, 9.17) is 25.2 Å². The molecular formula is C20H25N3O7S2. The molecule has 174 valence electrons. The van der Waals surface area contributed by atoms with Crippen LogP contribution < -0.4 is 20.4 Å². The third-order valence-electron chi connectivity index (χ3n) is 4.60. The average Bonchev–Trinajstić information content (AvgIpc) is 3.51. The molecule has 0 aromatic heterocycles. The number of ether oxygens (including phenoxy) is 1. The lowest BCUT2D eigenvalue weighted by atomic mass is 10.2. The van der Waals surface area contributed by atoms with E-state index in [-0.39, 0.29) is 35.2 Å². The van der Waals surface area contributed by atoms with Crippen molar-refractivity contribution in [2.45, 2.75) is 35.7 Å². The van der Waals surface area contributed by atoms with Gasteiger partial charge in [0.05, 0.1) is 4.90 Å². The largest absolute Gasteiger partial charge is 0.489 e. The van der Waals surface area contributed by atoms with Crippen LogP contribution in [0.3, 0.4) is 0 Å². The Morgan fingerprint density at radius 2 is 1.69 bits per heavy atom. The first kappa shape index (κ1) is 23.7. The summed E-state index contributed by atoms with van der Waals surface area (Å²) in [6, 6.07) is 9.86. The van der Waals surface area contributed by atoms with Crippen LogP contribution in [-0.2, 0) is 24.8 Å². The predicted octanol–water partition coefficient (Wildman–Crippen LogP) is 1.53. The predicted molar refractivity (Wildman–Crippen MR) is 117 cm³/mol. The Morgan fingerprint density at radius 1 is 1.06 bits per heavy atom. The minimum Gasteiger partial charge on any atom is -0.489 e. The molecule has 2 aromatic carbocycles. The monoisotopic (exact) mass is 483 g/mol. The summed E-state index contributed by atoms with van der Waals surface area (Å²) in [5, 5.41) is 3.58. The van der Waals surface area contributed by atoms with E-state index in [0.29, 0.717) is 11.3 Å². The standard InChI is InChI=1S/C20H25N3O7S2/c1-13-9-15(28-12-17(14-7-8-14)29-23-20(21)22)11-16(10-13)30-32(26,27)19-6-4-3-5-18(19)31(2,24)25/h3-6,9-11,14,17H,7-8,12H2,1-2H3,(H4,21,22,23). The lowest BCUT2D eigenvalue weighted by Gasteiger charge is -2.16. The Balaban J connectivity index is 1.80. The zero-order valence-corrected chi connectivity index (χ0v) is 19.2. The zero-order valence-electron chi connectivity index (χ0n) is 17.6. The van der Waals surface area contributed by atoms with E-state index in [1.807, 2.05) is 0 Å². The summed E-state index contributed by atoms with van der Waals surface area (Å²) >= 11 is 0. The first-order chi connectivity index (χ1) is 15.0. The van der Waals surface area contributed by atoms with Crippen LogP contribution in [0.4, 0.5) is 0 Å². The second-order valence-electron chi connectivity index (χ2n) is 7.55. The van der Waals surface area contributed by atoms with Gasteiger partial charge in [-0.15, -0.1) is 0 Å². The quantitative estimate of drug-likeness (QED) is 0.221. The third kappa shape index (κ3) is 6.26. The Labute approximate surface area is 187 Å². The maximum absolute atomic E-state index is 12.8. The summed E-state index contributed by atoms with van der Waals surface area (Å²) in [5.41, 5.74) is 11.3. The highest BCUT2D eigenvalue weighted by molar-refractivity contribution is 7.92. The number of hydrogen-bond donors (Lipinski definition) is 2. The molecule has 12 heteroatoms. The van der Waals surface area contributed by atoms with E-state index in [2.05, 4.69) is 5.16 Å². The number of sulfone groups is 1. The van der Waals surface area contributed by atoms with Crippen LogP contribution >= 0.6 is 0 Å². The van der Waals surface area contributed by atoms with Crippen molar-refractivity contribution in [1.29, 1.82) is 0 Å². The van der Waals surface area contributed by atoms with Crippen LogP contribution in [0.5, 0.6) is 11.5 Å². The van der Waals surface area contributed by atoms with Gasteiger partial charge >= 0.3 is 10.1 Å². The number of rotatable bonds is 10. The lowest BCUT2D eigenvalue weighted by Crippen LogP contribution is -2.27. The van der Waals surface area contributed by atoms with Gasteiger partial charge in [-0.25, -0.2) is 8.42 Å². The number of oxime groups is 1. The fraction of sp³-hybridized carbons (Fsp3) is 0.350. The maximum atomic E-state index is 12.8. The Hall–Kier alpha value is -2.99. The lowest BCUT2D eigenvalue weighted by molar-refractivity contribution is 0.00961. The van der Waals surface area contributed by atoms with Crippen LogP contribution in [0.2, 0.25) is 0 Å². The van der Waals surface area contributed by atoms with Crippen LogP contribution in [-0.4, -0.2) is 41.8 Å². The number of nitrogens with two attached hydrogens (primary N) is 2. The minimum absolute atomic E-state index is 0.0172. The molecule has 1 saturated carbocycles. The number of benzene rings is 2. The Kier molecular flexibility index (Phi) is 6.84. The third-order valence-corrected chi connectivity index (χ3v) is 7.19. The molecule has 10 nitrogen and oxygen atoms in total. The van der Waals surface area contributed by atoms with Crippen LogP contribution in [0.1, 0.15) is 18.4 Å². The molecule has 2 aromatic rings. The van der Waals surface area contributed by atoms with Crippen molar-refractivity contribution in [2.75, 3.05) is 12.9 Å². The van der Waals surface area contributed by atoms with Gasteiger partial charge in [0.1, 0.15) is 23.0 Å². The molecule has 0 saturated heterocycles. The van der Waals surface area contributed by atoms with Crippen molar-refractivity contribution in [1.82, 2.24) is 0 Å². The SMILES string of the molecule is Cc1cc(OCC(ON=C(N)N)C2CC2)cc(OS(=O)(=O)c2ccccc2S(C)(=O)=O)c1. The van der Waals surface area contributed by atoms with Crippen LogP contribution in [0, 0.1) is 12.8 Å². The van der Waals surface area contributed by atoms with Gasteiger partial charge < -0.3 is 25.2 Å². The minimum atomic E-state index is -4.42. The summed E-state index contributed by atoms with van der Waals surface area (Å²) in [7, 11) is -8.20. The first-order valence-corrected chi connectivity index (χ1v) is 13.0. The molecule has 1 atom stereocenters. The summed E-state index contributed by atoms with van der Waals surface area (Å²) in [6.45, 7) is 1.89. The molecular weight excluding hydrogens is 458 g/mol. The fourth-order valence-corrected chi connectivity index (χ4v) is 5.53. The number of hydrogen-bond acceptors (Lipinski definition) is 8. The van der Waals surface area contributed by atoms with Crippen molar-refractivity contribution >= 4 is 25.9 Å². The van der Waals surface area contributed by atoms with E-state index in [1.54, 1.807) is 13.0 Å². The van der Waals surface area contributed by atoms with Gasteiger partial charge in [0.25, 0.3) is 0 Å². The zero-order chi connectivity index (χ0) is 23.5. The van der Waals surface area contributed by atoms with Gasteiger partial charge in [0, 0.05) is 18.2 Å². The van der Waals surface area contributed by atoms with E-state index in [9.17, 15) is 16.8 Å². The van der Waals surface area contributed by atoms with Crippen LogP contribution in [0.25, 0.3) is 0 Å². The van der Waals surface area contributed by atoms with Gasteiger partial charge in [0.2, 0.25) is 5.96 Å². The number of nitrogens with zero attached hydrogens (tertiary/aromatic N) is 1. The van der Waals surface area contributed by atoms with E-state index < -0.39 is 24.9 Å². The molecule has 0 radical (unpaired) electrons. The second-order valence-corrected chi connectivity index (χ2v) is 11.0. The molecule has 4 N–H and O–H groups in total. The van der Waals surface area contributed by atoms with Gasteiger partial charge in [-0.1, -0.05) is 12.1 Å². The van der Waals surface area contributed by atoms with Crippen molar-refractivity contribution < 1.29 is 30.6 Å². The molecule has 1 aliphatic rings. The number of aryl methyl sites for hydroxylation is 1. The molecule has 32 heavy (non-hydrogen) atoms. The maximum Gasteiger partial charge on any atom is 0.340 e. The highest BCUT2D eigenvalue weighted by Crippen LogP contribution is 2.35. The first-order valence-electron chi connectivity index (χ1n) is 9.68. The molecule has 0 bridgehead atoms. The molecule has 0 spiro atoms. The van der Waals surface area contributed by atoms with E-state index >= 15 is 0 Å². The smallest absolute Gasteiger partial charge is 0.340 e. The molecule has 1 aliphatic carbocycles. The van der Waals surface area contributed by atoms with Gasteiger partial charge in [-0.3, -0.25) is 0 Å². The molecule has 1 fully saturated rings. The molecule has 0 aliphatic heterocycles. The Morgan fingerprint density at radius 3 is 2.28 bits per heavy atom. The molecule has 0 heterocycles. The highest BCUT2D eigenvalue weighted by atomic mass is 32.2.